The van der Waals surface area contributed by atoms with Crippen LogP contribution >= 0.6 is 0 Å². The van der Waals surface area contributed by atoms with Crippen molar-refractivity contribution in [3.05, 3.63) is 89.1 Å². The summed E-state index contributed by atoms with van der Waals surface area (Å²) in [6, 6.07) is 20.9. The Morgan fingerprint density at radius 3 is 2.47 bits per heavy atom. The van der Waals surface area contributed by atoms with Gasteiger partial charge in [-0.3, -0.25) is 4.79 Å². The van der Waals surface area contributed by atoms with E-state index in [1.54, 1.807) is 23.1 Å². The van der Waals surface area contributed by atoms with Crippen LogP contribution in [-0.4, -0.2) is 59.4 Å². The molecule has 1 saturated heterocycles. The maximum absolute atomic E-state index is 14.5. The molecular formula is C37H41N7O4S. The summed E-state index contributed by atoms with van der Waals surface area (Å²) in [5.74, 6) is 0.384. The fraction of sp³-hybridized carbons (Fsp3) is 0.378. The lowest BCUT2D eigenvalue weighted by Crippen LogP contribution is -2.45. The van der Waals surface area contributed by atoms with Gasteiger partial charge in [0.1, 0.15) is 18.5 Å². The van der Waals surface area contributed by atoms with E-state index in [1.165, 1.54) is 12.1 Å². The molecule has 2 aliphatic heterocycles. The molecule has 0 saturated carbocycles. The number of carbonyl (C=O) groups is 1. The van der Waals surface area contributed by atoms with E-state index in [9.17, 15) is 18.5 Å². The number of aryl methyl sites for hydroxylation is 2. The molecule has 11 nitrogen and oxygen atoms in total. The van der Waals surface area contributed by atoms with Gasteiger partial charge in [0.15, 0.2) is 0 Å². The fourth-order valence-electron chi connectivity index (χ4n) is 6.61. The number of fused-ring (bicyclic) bond motifs is 4. The molecule has 2 aromatic heterocycles. The Morgan fingerprint density at radius 1 is 1.00 bits per heavy atom. The number of hydrogen-bond donors (Lipinski definition) is 1. The van der Waals surface area contributed by atoms with Gasteiger partial charge in [-0.05, 0) is 80.0 Å². The van der Waals surface area contributed by atoms with E-state index >= 15 is 0 Å². The van der Waals surface area contributed by atoms with E-state index in [2.05, 4.69) is 41.5 Å². The Labute approximate surface area is 288 Å². The number of aromatic nitrogens is 3. The van der Waals surface area contributed by atoms with Crippen molar-refractivity contribution in [2.24, 2.45) is 5.41 Å². The van der Waals surface area contributed by atoms with Crippen molar-refractivity contribution in [2.75, 3.05) is 22.8 Å². The molecule has 0 unspecified atom stereocenters. The van der Waals surface area contributed by atoms with E-state index in [-0.39, 0.29) is 52.8 Å². The molecule has 254 valence electrons. The number of rotatable bonds is 5. The number of ether oxygens (including phenoxy) is 1. The topological polar surface area (TPSA) is 141 Å². The second kappa shape index (κ2) is 13.5. The van der Waals surface area contributed by atoms with Crippen molar-refractivity contribution < 1.29 is 17.9 Å². The third-order valence-corrected chi connectivity index (χ3v) is 10.2. The molecule has 0 aliphatic carbocycles. The van der Waals surface area contributed by atoms with Gasteiger partial charge in [-0.15, -0.1) is 0 Å². The molecule has 4 heterocycles. The van der Waals surface area contributed by atoms with Crippen LogP contribution in [-0.2, 0) is 16.6 Å². The fourth-order valence-corrected chi connectivity index (χ4v) is 7.60. The first-order valence-electron chi connectivity index (χ1n) is 16.5. The number of pyridine rings is 1. The van der Waals surface area contributed by atoms with Crippen molar-refractivity contribution in [1.29, 1.82) is 5.26 Å². The van der Waals surface area contributed by atoms with Crippen molar-refractivity contribution in [3.63, 3.8) is 0 Å². The number of amides is 1. The number of benzene rings is 2. The number of sulfonamides is 1. The molecule has 6 rings (SSSR count). The van der Waals surface area contributed by atoms with E-state index in [0.29, 0.717) is 23.6 Å². The van der Waals surface area contributed by atoms with Crippen LogP contribution in [0, 0.1) is 30.6 Å². The van der Waals surface area contributed by atoms with Gasteiger partial charge in [0.25, 0.3) is 15.9 Å². The van der Waals surface area contributed by atoms with Crippen molar-refractivity contribution >= 4 is 27.7 Å². The summed E-state index contributed by atoms with van der Waals surface area (Å²) in [5.41, 5.74) is 3.95. The Kier molecular flexibility index (Phi) is 9.31. The average molecular weight is 680 g/mol. The van der Waals surface area contributed by atoms with Crippen molar-refractivity contribution in [2.45, 2.75) is 77.4 Å². The van der Waals surface area contributed by atoms with Crippen LogP contribution in [0.3, 0.4) is 0 Å². The van der Waals surface area contributed by atoms with E-state index in [1.807, 2.05) is 55.1 Å². The molecule has 0 radical (unpaired) electrons. The highest BCUT2D eigenvalue weighted by Crippen LogP contribution is 2.32. The molecule has 2 atom stereocenters. The van der Waals surface area contributed by atoms with Crippen LogP contribution < -0.4 is 14.4 Å². The maximum atomic E-state index is 14.5. The van der Waals surface area contributed by atoms with Crippen molar-refractivity contribution in [3.8, 4) is 23.2 Å². The van der Waals surface area contributed by atoms with Crippen LogP contribution in [0.25, 0.3) is 11.3 Å². The van der Waals surface area contributed by atoms with Gasteiger partial charge >= 0.3 is 0 Å². The second-order valence-corrected chi connectivity index (χ2v) is 15.6. The number of nitriles is 1. The molecule has 4 bridgehead atoms. The summed E-state index contributed by atoms with van der Waals surface area (Å²) in [7, 11) is -4.19. The molecule has 2 aromatic carbocycles. The van der Waals surface area contributed by atoms with Crippen LogP contribution in [0.5, 0.6) is 5.88 Å². The smallest absolute Gasteiger partial charge is 0.264 e. The highest BCUT2D eigenvalue weighted by Gasteiger charge is 2.32. The maximum Gasteiger partial charge on any atom is 0.264 e. The van der Waals surface area contributed by atoms with Gasteiger partial charge in [0, 0.05) is 23.7 Å². The van der Waals surface area contributed by atoms with E-state index < -0.39 is 16.1 Å². The summed E-state index contributed by atoms with van der Waals surface area (Å²) >= 11 is 0. The predicted octanol–water partition coefficient (Wildman–Crippen LogP) is 6.29. The zero-order chi connectivity index (χ0) is 34.9. The second-order valence-electron chi connectivity index (χ2n) is 13.9. The standard InChI is InChI=1S/C37H41N7O4S/c1-24-10-6-11-25(2)34(24)31-19-33-41-36(40-31)42-49(46,47)30-15-7-12-26(18-30)35(45)44(29(23-48-33)20-37(3,4)5)22-27-13-8-16-32(39-27)43-17-9-14-28(43)21-38/h6-8,10-13,15-16,18-19,28-29H,9,14,17,20,22-23H2,1-5H3,(H,40,41,42)/t28-,29-/m1/s1. The number of nitrogens with one attached hydrogen (secondary N) is 1. The molecule has 12 heteroatoms. The molecule has 0 spiro atoms. The number of nitrogens with zero attached hydrogens (tertiary/aromatic N) is 6. The minimum atomic E-state index is -4.19. The first kappa shape index (κ1) is 33.9. The van der Waals surface area contributed by atoms with Gasteiger partial charge in [0.2, 0.25) is 11.8 Å². The van der Waals surface area contributed by atoms with Gasteiger partial charge in [-0.25, -0.2) is 23.1 Å². The first-order chi connectivity index (χ1) is 23.3. The van der Waals surface area contributed by atoms with Crippen LogP contribution in [0.4, 0.5) is 11.8 Å². The molecule has 4 aromatic rings. The molecule has 1 N–H and O–H groups in total. The lowest BCUT2D eigenvalue weighted by molar-refractivity contribution is 0.0509. The van der Waals surface area contributed by atoms with Crippen LogP contribution in [0.1, 0.15) is 67.2 Å². The lowest BCUT2D eigenvalue weighted by Gasteiger charge is -2.35. The highest BCUT2D eigenvalue weighted by molar-refractivity contribution is 7.92. The van der Waals surface area contributed by atoms with Gasteiger partial charge in [0.05, 0.1) is 34.9 Å². The van der Waals surface area contributed by atoms with Gasteiger partial charge in [-0.1, -0.05) is 51.1 Å². The van der Waals surface area contributed by atoms with Gasteiger partial charge in [-0.2, -0.15) is 10.2 Å². The summed E-state index contributed by atoms with van der Waals surface area (Å²) < 4.78 is 36.3. The van der Waals surface area contributed by atoms with Crippen LogP contribution in [0.2, 0.25) is 0 Å². The highest BCUT2D eigenvalue weighted by atomic mass is 32.2. The summed E-state index contributed by atoms with van der Waals surface area (Å²) in [6.07, 6.45) is 2.25. The third kappa shape index (κ3) is 7.52. The normalized spacial score (nSPS) is 19.1. The van der Waals surface area contributed by atoms with Crippen molar-refractivity contribution in [1.82, 2.24) is 19.9 Å². The zero-order valence-electron chi connectivity index (χ0n) is 28.5. The Bertz CT molecular complexity index is 2020. The Morgan fingerprint density at radius 2 is 1.73 bits per heavy atom. The van der Waals surface area contributed by atoms with E-state index in [0.717, 1.165) is 36.1 Å². The molecule has 2 aliphatic rings. The number of carbonyl (C=O) groups excluding carboxylic acids is 1. The summed E-state index contributed by atoms with van der Waals surface area (Å²) in [4.78, 5) is 32.1. The molecule has 1 fully saturated rings. The van der Waals surface area contributed by atoms with Crippen LogP contribution in [0.15, 0.2) is 71.6 Å². The number of anilines is 2. The SMILES string of the molecule is Cc1cccc(C)c1-c1cc2nc(n1)NS(=O)(=O)c1cccc(c1)C(=O)N(Cc1cccc(N3CCC[C@@H]3C#N)n1)[C@H](CC(C)(C)C)CO2. The number of hydrogen-bond acceptors (Lipinski definition) is 9. The molecule has 49 heavy (non-hydrogen) atoms. The largest absolute Gasteiger partial charge is 0.475 e. The minimum Gasteiger partial charge on any atom is -0.475 e. The van der Waals surface area contributed by atoms with Gasteiger partial charge < -0.3 is 14.5 Å². The molecular weight excluding hydrogens is 639 g/mol. The monoisotopic (exact) mass is 679 g/mol. The Hall–Kier alpha value is -5.02. The quantitative estimate of drug-likeness (QED) is 0.258. The third-order valence-electron chi connectivity index (χ3n) is 8.85. The first-order valence-corrected chi connectivity index (χ1v) is 17.9. The zero-order valence-corrected chi connectivity index (χ0v) is 29.3. The lowest BCUT2D eigenvalue weighted by atomic mass is 9.87. The minimum absolute atomic E-state index is 0.0838. The average Bonchev–Trinajstić information content (AvgIpc) is 3.54. The summed E-state index contributed by atoms with van der Waals surface area (Å²) in [5, 5.41) is 9.69. The summed E-state index contributed by atoms with van der Waals surface area (Å²) in [6.45, 7) is 11.2. The predicted molar refractivity (Wildman–Crippen MR) is 188 cm³/mol. The van der Waals surface area contributed by atoms with E-state index in [4.69, 9.17) is 9.72 Å². The molecule has 1 amide bonds. The Balaban J connectivity index is 1.47.